The van der Waals surface area contributed by atoms with Crippen LogP contribution >= 0.6 is 38.4 Å². The molecule has 0 aliphatic carbocycles. The smallest absolute Gasteiger partial charge is 0.345 e. The van der Waals surface area contributed by atoms with Gasteiger partial charge in [-0.2, -0.15) is 0 Å². The third-order valence-electron chi connectivity index (χ3n) is 9.50. The Bertz CT molecular complexity index is 1990. The minimum Gasteiger partial charge on any atom is -0.489 e. The zero-order valence-corrected chi connectivity index (χ0v) is 36.7. The van der Waals surface area contributed by atoms with Gasteiger partial charge >= 0.3 is 15.2 Å². The number of amides is 2. The number of hydrogen-bond acceptors (Lipinski definition) is 9. The molecule has 1 saturated heterocycles. The number of nitrogens with zero attached hydrogens (tertiary/aromatic N) is 1. The van der Waals surface area contributed by atoms with Crippen LogP contribution in [0.5, 0.6) is 5.75 Å². The number of likely N-dealkylation sites (tertiary alicyclic amines) is 1. The molecule has 1 unspecified atom stereocenters. The first-order valence-corrected chi connectivity index (χ1v) is 23.2. The molecule has 330 valence electrons. The Labute approximate surface area is 355 Å². The molecule has 0 radical (unpaired) electrons. The SMILES string of the molecule is CCOP(=O)(OCC)C(CC1CCN(C(=O)C(Cc2ccc(OCc3c(Cl)cccc3Cl)cc2)NC(=O)C=Cc2c(F)c(F)c(F)c(F)c2F)CC1)P(=O)(OCC)OCC. The van der Waals surface area contributed by atoms with Crippen molar-refractivity contribution in [3.05, 3.63) is 104 Å². The molecule has 0 bridgehead atoms. The van der Waals surface area contributed by atoms with E-state index in [0.29, 0.717) is 51.9 Å². The fourth-order valence-corrected chi connectivity index (χ4v) is 12.7. The van der Waals surface area contributed by atoms with Gasteiger partial charge < -0.3 is 33.0 Å². The van der Waals surface area contributed by atoms with E-state index in [4.69, 9.17) is 46.0 Å². The van der Waals surface area contributed by atoms with Crippen LogP contribution in [0.1, 0.15) is 63.6 Å². The van der Waals surface area contributed by atoms with E-state index in [1.807, 2.05) is 0 Å². The molecular formula is C40H47Cl2F5N2O9P2. The standard InChI is InChI=1S/C40H47Cl2F5N2O9P2/c1-5-55-59(52,56-6-2)34(60(53,57-7-3)58-8-4)23-26-18-20-49(21-19-26)40(51)32(48-33(50)17-16-28-35(43)37(45)39(47)38(46)36(28)44)22-25-12-14-27(15-13-25)54-24-29-30(41)10-9-11-31(29)42/h9-17,26,32,34H,5-8,18-24H2,1-4H3,(H,48,50). The van der Waals surface area contributed by atoms with Crippen molar-refractivity contribution in [3.8, 4) is 5.75 Å². The van der Waals surface area contributed by atoms with E-state index < -0.39 is 73.1 Å². The number of piperidine rings is 1. The zero-order chi connectivity index (χ0) is 44.2. The van der Waals surface area contributed by atoms with E-state index in [2.05, 4.69) is 5.32 Å². The second kappa shape index (κ2) is 22.7. The van der Waals surface area contributed by atoms with E-state index >= 15 is 0 Å². The van der Waals surface area contributed by atoms with E-state index in [-0.39, 0.29) is 64.9 Å². The summed E-state index contributed by atoms with van der Waals surface area (Å²) in [6.07, 6.45) is 1.67. The van der Waals surface area contributed by atoms with Crippen LogP contribution in [-0.4, -0.2) is 67.7 Å². The average Bonchev–Trinajstić information content (AvgIpc) is 3.21. The molecule has 3 aromatic carbocycles. The summed E-state index contributed by atoms with van der Waals surface area (Å²) in [6.45, 7) is 6.92. The zero-order valence-electron chi connectivity index (χ0n) is 33.4. The van der Waals surface area contributed by atoms with Gasteiger partial charge in [-0.05, 0) is 88.8 Å². The normalized spacial score (nSPS) is 14.6. The van der Waals surface area contributed by atoms with Crippen molar-refractivity contribution in [3.63, 3.8) is 0 Å². The second-order valence-corrected chi connectivity index (χ2v) is 19.1. The molecule has 1 N–H and O–H groups in total. The van der Waals surface area contributed by atoms with Crippen LogP contribution in [0.15, 0.2) is 48.5 Å². The van der Waals surface area contributed by atoms with Gasteiger partial charge in [-0.3, -0.25) is 18.7 Å². The van der Waals surface area contributed by atoms with E-state index in [1.165, 1.54) is 4.90 Å². The highest BCUT2D eigenvalue weighted by Gasteiger charge is 2.51. The molecule has 2 amide bonds. The second-order valence-electron chi connectivity index (χ2n) is 13.5. The summed E-state index contributed by atoms with van der Waals surface area (Å²) in [5.41, 5.74) is -0.204. The van der Waals surface area contributed by atoms with Crippen LogP contribution < -0.4 is 10.1 Å². The van der Waals surface area contributed by atoms with Gasteiger partial charge in [0, 0.05) is 41.2 Å². The van der Waals surface area contributed by atoms with Crippen LogP contribution in [0.4, 0.5) is 22.0 Å². The molecule has 0 spiro atoms. The Kier molecular flexibility index (Phi) is 18.6. The summed E-state index contributed by atoms with van der Waals surface area (Å²) in [5, 5.41) is 2.09. The molecule has 0 aromatic heterocycles. The lowest BCUT2D eigenvalue weighted by molar-refractivity contribution is -0.136. The van der Waals surface area contributed by atoms with Gasteiger partial charge in [0.25, 0.3) is 0 Å². The van der Waals surface area contributed by atoms with Crippen LogP contribution in [0.25, 0.3) is 6.08 Å². The average molecular weight is 928 g/mol. The van der Waals surface area contributed by atoms with Gasteiger partial charge in [-0.15, -0.1) is 0 Å². The minimum atomic E-state index is -4.03. The summed E-state index contributed by atoms with van der Waals surface area (Å²) in [6, 6.07) is 10.3. The summed E-state index contributed by atoms with van der Waals surface area (Å²) < 4.78 is 126. The molecule has 1 heterocycles. The first kappa shape index (κ1) is 49.3. The van der Waals surface area contributed by atoms with Gasteiger partial charge in [0.05, 0.1) is 32.0 Å². The molecule has 4 rings (SSSR count). The Morgan fingerprint density at radius 2 is 1.27 bits per heavy atom. The topological polar surface area (TPSA) is 130 Å². The number of nitrogens with one attached hydrogen (secondary N) is 1. The van der Waals surface area contributed by atoms with Crippen LogP contribution in [-0.2, 0) is 49.8 Å². The maximum atomic E-state index is 14.3. The first-order valence-electron chi connectivity index (χ1n) is 19.2. The molecule has 3 aromatic rings. The molecule has 1 aliphatic heterocycles. The Hall–Kier alpha value is -3.33. The molecular weight excluding hydrogens is 880 g/mol. The molecule has 1 atom stereocenters. The maximum absolute atomic E-state index is 14.3. The van der Waals surface area contributed by atoms with Crippen molar-refractivity contribution >= 4 is 56.3 Å². The molecule has 1 aliphatic rings. The fraction of sp³-hybridized carbons (Fsp3) is 0.450. The van der Waals surface area contributed by atoms with Crippen molar-refractivity contribution in [1.82, 2.24) is 10.2 Å². The number of benzene rings is 3. The summed E-state index contributed by atoms with van der Waals surface area (Å²) in [5.74, 6) is -12.4. The quantitative estimate of drug-likeness (QED) is 0.0365. The van der Waals surface area contributed by atoms with Crippen molar-refractivity contribution in [2.75, 3.05) is 39.5 Å². The number of halogens is 7. The highest BCUT2D eigenvalue weighted by atomic mass is 35.5. The van der Waals surface area contributed by atoms with E-state index in [1.54, 1.807) is 70.2 Å². The highest BCUT2D eigenvalue weighted by molar-refractivity contribution is 7.72. The van der Waals surface area contributed by atoms with Gasteiger partial charge in [0.1, 0.15) is 18.4 Å². The lowest BCUT2D eigenvalue weighted by atomic mass is 9.93. The van der Waals surface area contributed by atoms with Crippen molar-refractivity contribution in [1.29, 1.82) is 0 Å². The number of hydrogen-bond donors (Lipinski definition) is 1. The minimum absolute atomic E-state index is 0.00993. The lowest BCUT2D eigenvalue weighted by Crippen LogP contribution is -2.51. The molecule has 60 heavy (non-hydrogen) atoms. The Balaban J connectivity index is 1.55. The number of rotatable bonds is 21. The van der Waals surface area contributed by atoms with Crippen LogP contribution in [0, 0.1) is 35.0 Å². The van der Waals surface area contributed by atoms with Crippen molar-refractivity contribution < 1.29 is 63.5 Å². The van der Waals surface area contributed by atoms with Gasteiger partial charge in [0.2, 0.25) is 17.6 Å². The van der Waals surface area contributed by atoms with Gasteiger partial charge in [-0.25, -0.2) is 22.0 Å². The van der Waals surface area contributed by atoms with E-state index in [9.17, 15) is 40.7 Å². The summed E-state index contributed by atoms with van der Waals surface area (Å²) in [7, 11) is -8.06. The molecule has 0 saturated carbocycles. The van der Waals surface area contributed by atoms with E-state index in [0.717, 1.165) is 0 Å². The maximum Gasteiger partial charge on any atom is 0.345 e. The third-order valence-corrected chi connectivity index (χ3v) is 16.3. The van der Waals surface area contributed by atoms with Crippen molar-refractivity contribution in [2.45, 2.75) is 71.4 Å². The Morgan fingerprint density at radius 1 is 0.783 bits per heavy atom. The monoisotopic (exact) mass is 926 g/mol. The predicted octanol–water partition coefficient (Wildman–Crippen LogP) is 10.5. The Morgan fingerprint density at radius 3 is 1.75 bits per heavy atom. The van der Waals surface area contributed by atoms with Gasteiger partial charge in [-0.1, -0.05) is 41.4 Å². The molecule has 1 fully saturated rings. The lowest BCUT2D eigenvalue weighted by Gasteiger charge is -2.37. The van der Waals surface area contributed by atoms with Crippen LogP contribution in [0.2, 0.25) is 10.0 Å². The number of carbonyl (C=O) groups excluding carboxylic acids is 2. The van der Waals surface area contributed by atoms with Gasteiger partial charge in [0.15, 0.2) is 28.7 Å². The predicted molar refractivity (Wildman–Crippen MR) is 218 cm³/mol. The first-order chi connectivity index (χ1) is 28.5. The number of ether oxygens (including phenoxy) is 1. The number of carbonyl (C=O) groups is 2. The largest absolute Gasteiger partial charge is 0.489 e. The summed E-state index contributed by atoms with van der Waals surface area (Å²) in [4.78, 5) is 28.8. The van der Waals surface area contributed by atoms with Crippen molar-refractivity contribution in [2.24, 2.45) is 5.92 Å². The molecule has 20 heteroatoms. The third kappa shape index (κ3) is 12.4. The molecule has 11 nitrogen and oxygen atoms in total. The summed E-state index contributed by atoms with van der Waals surface area (Å²) >= 11 is 12.5. The highest BCUT2D eigenvalue weighted by Crippen LogP contribution is 2.72. The van der Waals surface area contributed by atoms with Crippen LogP contribution in [0.3, 0.4) is 0 Å². The fourth-order valence-electron chi connectivity index (χ4n) is 6.61.